The zero-order chi connectivity index (χ0) is 10.4. The minimum Gasteiger partial charge on any atom is -0.385 e. The van der Waals surface area contributed by atoms with Crippen molar-refractivity contribution in [1.29, 1.82) is 0 Å². The van der Waals surface area contributed by atoms with E-state index in [0.717, 1.165) is 12.2 Å². The van der Waals surface area contributed by atoms with Gasteiger partial charge in [-0.05, 0) is 32.7 Å². The Morgan fingerprint density at radius 3 is 2.50 bits per heavy atom. The van der Waals surface area contributed by atoms with Crippen LogP contribution >= 0.6 is 0 Å². The minimum absolute atomic E-state index is 0.604. The van der Waals surface area contributed by atoms with Crippen LogP contribution in [-0.4, -0.2) is 18.6 Å². The number of hydrogen-bond donors (Lipinski definition) is 2. The molecule has 0 aromatic heterocycles. The Balaban J connectivity index is 2.37. The van der Waals surface area contributed by atoms with Gasteiger partial charge in [0.25, 0.3) is 0 Å². The van der Waals surface area contributed by atoms with Crippen molar-refractivity contribution in [1.82, 2.24) is 10.6 Å². The van der Waals surface area contributed by atoms with Crippen LogP contribution in [0.3, 0.4) is 0 Å². The second kappa shape index (κ2) is 6.07. The maximum atomic E-state index is 3.93. The first-order valence-corrected chi connectivity index (χ1v) is 5.89. The molecule has 82 valence electrons. The average Bonchev–Trinajstić information content (AvgIpc) is 2.16. The summed E-state index contributed by atoms with van der Waals surface area (Å²) in [5, 5.41) is 7.11. The zero-order valence-electron chi connectivity index (χ0n) is 9.60. The molecule has 0 saturated heterocycles. The lowest BCUT2D eigenvalue weighted by molar-refractivity contribution is 0.298. The molecule has 0 aromatic carbocycles. The molecule has 1 aliphatic carbocycles. The summed E-state index contributed by atoms with van der Waals surface area (Å²) in [5.74, 6) is 0. The maximum absolute atomic E-state index is 3.93. The topological polar surface area (TPSA) is 24.1 Å². The standard InChI is InChI=1S/C12H24N2/c1-4-9-13-11-7-5-6-8-12(11)14-10(2)3/h11-14H,2,4-9H2,1,3H3/t11?,12-/m0/s1. The maximum Gasteiger partial charge on any atom is 0.0411 e. The van der Waals surface area contributed by atoms with Crippen LogP contribution in [0.4, 0.5) is 0 Å². The molecular weight excluding hydrogens is 172 g/mol. The minimum atomic E-state index is 0.604. The van der Waals surface area contributed by atoms with Gasteiger partial charge in [-0.2, -0.15) is 0 Å². The lowest BCUT2D eigenvalue weighted by atomic mass is 9.90. The van der Waals surface area contributed by atoms with Crippen molar-refractivity contribution >= 4 is 0 Å². The van der Waals surface area contributed by atoms with Gasteiger partial charge in [-0.25, -0.2) is 0 Å². The molecule has 1 aliphatic rings. The normalized spacial score (nSPS) is 27.3. The summed E-state index contributed by atoms with van der Waals surface area (Å²) in [7, 11) is 0. The van der Waals surface area contributed by atoms with Gasteiger partial charge in [-0.1, -0.05) is 26.3 Å². The Kier molecular flexibility index (Phi) is 5.02. The van der Waals surface area contributed by atoms with Crippen LogP contribution in [0, 0.1) is 0 Å². The fourth-order valence-electron chi connectivity index (χ4n) is 2.19. The van der Waals surface area contributed by atoms with Gasteiger partial charge in [-0.3, -0.25) is 0 Å². The highest BCUT2D eigenvalue weighted by atomic mass is 15.0. The molecule has 0 radical (unpaired) electrons. The molecule has 2 N–H and O–H groups in total. The van der Waals surface area contributed by atoms with E-state index in [2.05, 4.69) is 24.1 Å². The Hall–Kier alpha value is -0.500. The second-order valence-corrected chi connectivity index (χ2v) is 4.38. The van der Waals surface area contributed by atoms with Gasteiger partial charge in [0.2, 0.25) is 0 Å². The molecule has 0 aliphatic heterocycles. The lowest BCUT2D eigenvalue weighted by Crippen LogP contribution is -2.49. The van der Waals surface area contributed by atoms with Crippen LogP contribution in [0.2, 0.25) is 0 Å². The van der Waals surface area contributed by atoms with Gasteiger partial charge < -0.3 is 10.6 Å². The highest BCUT2D eigenvalue weighted by Gasteiger charge is 2.23. The average molecular weight is 196 g/mol. The first-order valence-electron chi connectivity index (χ1n) is 5.89. The van der Waals surface area contributed by atoms with Crippen molar-refractivity contribution in [3.05, 3.63) is 12.3 Å². The summed E-state index contributed by atoms with van der Waals surface area (Å²) in [5.41, 5.74) is 1.10. The molecule has 0 aromatic rings. The monoisotopic (exact) mass is 196 g/mol. The molecule has 0 heterocycles. The largest absolute Gasteiger partial charge is 0.385 e. The first-order chi connectivity index (χ1) is 6.74. The van der Waals surface area contributed by atoms with E-state index < -0.39 is 0 Å². The quantitative estimate of drug-likeness (QED) is 0.705. The molecule has 1 saturated carbocycles. The highest BCUT2D eigenvalue weighted by Crippen LogP contribution is 2.19. The first kappa shape index (κ1) is 11.6. The van der Waals surface area contributed by atoms with Crippen molar-refractivity contribution in [3.8, 4) is 0 Å². The third-order valence-electron chi connectivity index (χ3n) is 2.85. The van der Waals surface area contributed by atoms with Crippen LogP contribution in [0.25, 0.3) is 0 Å². The Labute approximate surface area is 88.2 Å². The molecular formula is C12H24N2. The summed E-state index contributed by atoms with van der Waals surface area (Å²) in [4.78, 5) is 0. The Bertz CT molecular complexity index is 177. The molecule has 0 bridgehead atoms. The molecule has 1 fully saturated rings. The summed E-state index contributed by atoms with van der Waals surface area (Å²) in [6.07, 6.45) is 6.54. The molecule has 2 atom stereocenters. The number of nitrogens with one attached hydrogen (secondary N) is 2. The van der Waals surface area contributed by atoms with E-state index in [-0.39, 0.29) is 0 Å². The summed E-state index contributed by atoms with van der Waals surface area (Å²) in [6, 6.07) is 1.26. The second-order valence-electron chi connectivity index (χ2n) is 4.38. The van der Waals surface area contributed by atoms with Crippen LogP contribution in [0.15, 0.2) is 12.3 Å². The SMILES string of the molecule is C=C(C)N[C@H]1CCCCC1NCCC. The van der Waals surface area contributed by atoms with E-state index in [9.17, 15) is 0 Å². The molecule has 1 rings (SSSR count). The van der Waals surface area contributed by atoms with Gasteiger partial charge in [-0.15, -0.1) is 0 Å². The Morgan fingerprint density at radius 1 is 1.29 bits per heavy atom. The fourth-order valence-corrected chi connectivity index (χ4v) is 2.19. The molecule has 0 amide bonds. The van der Waals surface area contributed by atoms with E-state index >= 15 is 0 Å². The highest BCUT2D eigenvalue weighted by molar-refractivity contribution is 4.95. The smallest absolute Gasteiger partial charge is 0.0411 e. The van der Waals surface area contributed by atoms with Crippen molar-refractivity contribution in [2.75, 3.05) is 6.54 Å². The summed E-state index contributed by atoms with van der Waals surface area (Å²) < 4.78 is 0. The predicted molar refractivity (Wildman–Crippen MR) is 62.3 cm³/mol. The van der Waals surface area contributed by atoms with Gasteiger partial charge in [0.1, 0.15) is 0 Å². The predicted octanol–water partition coefficient (Wildman–Crippen LogP) is 2.42. The van der Waals surface area contributed by atoms with Crippen LogP contribution in [0.5, 0.6) is 0 Å². The van der Waals surface area contributed by atoms with Crippen molar-refractivity contribution < 1.29 is 0 Å². The molecule has 0 spiro atoms. The van der Waals surface area contributed by atoms with E-state index in [4.69, 9.17) is 0 Å². The number of allylic oxidation sites excluding steroid dienone is 1. The lowest BCUT2D eigenvalue weighted by Gasteiger charge is -2.33. The van der Waals surface area contributed by atoms with E-state index in [1.54, 1.807) is 0 Å². The molecule has 2 nitrogen and oxygen atoms in total. The Morgan fingerprint density at radius 2 is 1.93 bits per heavy atom. The summed E-state index contributed by atoms with van der Waals surface area (Å²) in [6.45, 7) is 9.33. The van der Waals surface area contributed by atoms with E-state index in [0.29, 0.717) is 12.1 Å². The van der Waals surface area contributed by atoms with Gasteiger partial charge in [0.15, 0.2) is 0 Å². The van der Waals surface area contributed by atoms with Gasteiger partial charge >= 0.3 is 0 Å². The van der Waals surface area contributed by atoms with Crippen molar-refractivity contribution in [3.63, 3.8) is 0 Å². The zero-order valence-corrected chi connectivity index (χ0v) is 9.60. The number of rotatable bonds is 5. The van der Waals surface area contributed by atoms with Crippen molar-refractivity contribution in [2.24, 2.45) is 0 Å². The van der Waals surface area contributed by atoms with Crippen LogP contribution in [-0.2, 0) is 0 Å². The summed E-state index contributed by atoms with van der Waals surface area (Å²) >= 11 is 0. The van der Waals surface area contributed by atoms with E-state index in [1.807, 2.05) is 6.92 Å². The van der Waals surface area contributed by atoms with Crippen molar-refractivity contribution in [2.45, 2.75) is 58.0 Å². The van der Waals surface area contributed by atoms with Gasteiger partial charge in [0.05, 0.1) is 0 Å². The van der Waals surface area contributed by atoms with E-state index in [1.165, 1.54) is 32.1 Å². The van der Waals surface area contributed by atoms with Crippen LogP contribution in [0.1, 0.15) is 46.0 Å². The molecule has 2 heteroatoms. The fraction of sp³-hybridized carbons (Fsp3) is 0.833. The molecule has 14 heavy (non-hydrogen) atoms. The number of hydrogen-bond acceptors (Lipinski definition) is 2. The third-order valence-corrected chi connectivity index (χ3v) is 2.85. The molecule has 1 unspecified atom stereocenters. The van der Waals surface area contributed by atoms with Gasteiger partial charge in [0, 0.05) is 17.8 Å². The van der Waals surface area contributed by atoms with Crippen LogP contribution < -0.4 is 10.6 Å². The third kappa shape index (κ3) is 3.70.